The molecule has 0 aliphatic carbocycles. The summed E-state index contributed by atoms with van der Waals surface area (Å²) in [6.07, 6.45) is 3.00. The third-order valence-electron chi connectivity index (χ3n) is 3.34. The Morgan fingerprint density at radius 2 is 1.96 bits per heavy atom. The molecule has 0 saturated carbocycles. The molecule has 0 spiro atoms. The average molecular weight is 563 g/mol. The van der Waals surface area contributed by atoms with Crippen LogP contribution in [0.2, 0.25) is 0 Å². The Hall–Kier alpha value is 0.0122. The van der Waals surface area contributed by atoms with Crippen molar-refractivity contribution in [1.29, 1.82) is 0 Å². The molecule has 1 radical (unpaired) electrons. The molecule has 1 unspecified atom stereocenters. The molecule has 7 heteroatoms. The normalized spacial score (nSPS) is 17.5. The summed E-state index contributed by atoms with van der Waals surface area (Å²) in [5.41, 5.74) is 1.36. The number of hydrogen-bond donors (Lipinski definition) is 0. The number of carbonyl (C=O) groups is 2. The van der Waals surface area contributed by atoms with Crippen molar-refractivity contribution in [3.63, 3.8) is 0 Å². The Morgan fingerprint density at radius 3 is 2.43 bits per heavy atom. The van der Waals surface area contributed by atoms with E-state index >= 15 is 0 Å². The van der Waals surface area contributed by atoms with E-state index in [1.165, 1.54) is 4.90 Å². The number of ether oxygens (including phenoxy) is 1. The van der Waals surface area contributed by atoms with Gasteiger partial charge in [0.25, 0.3) is 0 Å². The monoisotopic (exact) mass is 563 g/mol. The molecular formula is C16H22N2O3WY-2. The first kappa shape index (κ1) is 23.0. The van der Waals surface area contributed by atoms with Crippen LogP contribution in [-0.4, -0.2) is 33.6 Å². The summed E-state index contributed by atoms with van der Waals surface area (Å²) in [6.45, 7) is 10.3. The van der Waals surface area contributed by atoms with Crippen LogP contribution in [0.3, 0.4) is 0 Å². The summed E-state index contributed by atoms with van der Waals surface area (Å²) in [7, 11) is 0. The molecule has 2 rings (SSSR count). The third-order valence-corrected chi connectivity index (χ3v) is 3.34. The van der Waals surface area contributed by atoms with Crippen LogP contribution in [-0.2, 0) is 69.9 Å². The van der Waals surface area contributed by atoms with E-state index in [1.54, 1.807) is 20.8 Å². The number of hydrogen-bond acceptors (Lipinski definition) is 3. The van der Waals surface area contributed by atoms with Gasteiger partial charge in [-0.3, -0.25) is 4.79 Å². The molecule has 1 aromatic rings. The number of carbonyl (C=O) groups excluding carboxylic acids is 2. The zero-order valence-corrected chi connectivity index (χ0v) is 20.1. The second kappa shape index (κ2) is 8.92. The first-order valence-corrected chi connectivity index (χ1v) is 7.17. The second-order valence-electron chi connectivity index (χ2n) is 6.61. The molecule has 0 N–H and O–H groups in total. The summed E-state index contributed by atoms with van der Waals surface area (Å²) in [4.78, 5) is 25.2. The van der Waals surface area contributed by atoms with Gasteiger partial charge in [0.05, 0.1) is 0 Å². The minimum Gasteiger partial charge on any atom is -0.560 e. The van der Waals surface area contributed by atoms with Gasteiger partial charge in [0.1, 0.15) is 5.60 Å². The van der Waals surface area contributed by atoms with Gasteiger partial charge in [0, 0.05) is 72.7 Å². The number of aryl methyl sites for hydroxylation is 2. The second-order valence-corrected chi connectivity index (χ2v) is 6.61. The molecule has 1 atom stereocenters. The van der Waals surface area contributed by atoms with E-state index in [0.717, 1.165) is 11.3 Å². The zero-order chi connectivity index (χ0) is 15.8. The van der Waals surface area contributed by atoms with E-state index in [4.69, 9.17) is 4.74 Å². The average Bonchev–Trinajstić information content (AvgIpc) is 2.80. The molecule has 0 aromatic carbocycles. The van der Waals surface area contributed by atoms with E-state index in [1.807, 2.05) is 18.4 Å². The van der Waals surface area contributed by atoms with Crippen molar-refractivity contribution in [3.05, 3.63) is 23.5 Å². The van der Waals surface area contributed by atoms with Crippen LogP contribution in [0.25, 0.3) is 0 Å². The number of nitrogens with zero attached hydrogens (tertiary/aromatic N) is 2. The predicted molar refractivity (Wildman–Crippen MR) is 77.6 cm³/mol. The van der Waals surface area contributed by atoms with Crippen molar-refractivity contribution < 1.29 is 68.1 Å². The molecule has 5 nitrogen and oxygen atoms in total. The van der Waals surface area contributed by atoms with Crippen LogP contribution >= 0.6 is 0 Å². The standard InChI is InChI=1S/C16H22N2O3.W.Y/c1-11-6-12(2)17(8-11)9-13-7-14(19)18(10-13)15(20)21-16(3,4)5;;/h13H,7,9-10H2,1-5H3;;/q-2;;. The van der Waals surface area contributed by atoms with Gasteiger partial charge in [-0.1, -0.05) is 6.92 Å². The molecule has 1 aliphatic rings. The van der Waals surface area contributed by atoms with Gasteiger partial charge in [0.2, 0.25) is 5.91 Å². The molecule has 1 saturated heterocycles. The SMILES string of the molecule is Cc1[c-]c(C)n(CC2CC(=O)N(C(=O)OC(C)(C)C)C2)[c-]1.[W].[Y]. The van der Waals surface area contributed by atoms with Crippen molar-refractivity contribution in [2.24, 2.45) is 5.92 Å². The predicted octanol–water partition coefficient (Wildman–Crippen LogP) is 2.48. The maximum absolute atomic E-state index is 12.0. The number of imide groups is 1. The fourth-order valence-corrected chi connectivity index (χ4v) is 2.49. The molecule has 23 heavy (non-hydrogen) atoms. The summed E-state index contributed by atoms with van der Waals surface area (Å²) < 4.78 is 7.23. The van der Waals surface area contributed by atoms with Gasteiger partial charge in [-0.05, 0) is 27.3 Å². The molecule has 1 aromatic heterocycles. The van der Waals surface area contributed by atoms with Crippen molar-refractivity contribution in [3.8, 4) is 0 Å². The van der Waals surface area contributed by atoms with Gasteiger partial charge < -0.3 is 27.1 Å². The number of aromatic nitrogens is 1. The Labute approximate surface area is 177 Å². The summed E-state index contributed by atoms with van der Waals surface area (Å²) in [5, 5.41) is 0. The molecule has 1 aliphatic heterocycles. The van der Waals surface area contributed by atoms with E-state index in [9.17, 15) is 9.59 Å². The zero-order valence-electron chi connectivity index (χ0n) is 14.3. The Balaban J connectivity index is 0.00000242. The summed E-state index contributed by atoms with van der Waals surface area (Å²) in [5.74, 6) is -0.0695. The van der Waals surface area contributed by atoms with Crippen LogP contribution in [0.5, 0.6) is 0 Å². The Kier molecular flexibility index (Phi) is 8.92. The fourth-order valence-electron chi connectivity index (χ4n) is 2.49. The maximum atomic E-state index is 12.0. The first-order chi connectivity index (χ1) is 9.65. The van der Waals surface area contributed by atoms with Gasteiger partial charge >= 0.3 is 6.09 Å². The largest absolute Gasteiger partial charge is 0.560 e. The minimum atomic E-state index is -0.591. The van der Waals surface area contributed by atoms with Crippen LogP contribution < -0.4 is 0 Å². The first-order valence-electron chi connectivity index (χ1n) is 7.17. The molecule has 2 amide bonds. The van der Waals surface area contributed by atoms with E-state index in [-0.39, 0.29) is 65.6 Å². The number of rotatable bonds is 2. The van der Waals surface area contributed by atoms with Crippen molar-refractivity contribution in [2.45, 2.75) is 53.2 Å². The quantitative estimate of drug-likeness (QED) is 0.521. The fraction of sp³-hybridized carbons (Fsp3) is 0.625. The van der Waals surface area contributed by atoms with Crippen LogP contribution in [0, 0.1) is 32.0 Å². The molecule has 0 bridgehead atoms. The summed E-state index contributed by atoms with van der Waals surface area (Å²) in [6, 6.07) is 3.17. The van der Waals surface area contributed by atoms with Crippen LogP contribution in [0.15, 0.2) is 0 Å². The molecule has 2 heterocycles. The van der Waals surface area contributed by atoms with Crippen LogP contribution in [0.4, 0.5) is 4.79 Å². The molecular weight excluding hydrogens is 541 g/mol. The topological polar surface area (TPSA) is 51.5 Å². The molecule has 125 valence electrons. The van der Waals surface area contributed by atoms with E-state index < -0.39 is 11.7 Å². The van der Waals surface area contributed by atoms with Gasteiger partial charge in [-0.2, -0.15) is 0 Å². The minimum absolute atomic E-state index is 0. The Morgan fingerprint density at radius 1 is 1.35 bits per heavy atom. The van der Waals surface area contributed by atoms with Gasteiger partial charge in [-0.15, -0.1) is 6.92 Å². The molecule has 1 fully saturated rings. The van der Waals surface area contributed by atoms with Gasteiger partial charge in [-0.25, -0.2) is 15.4 Å². The van der Waals surface area contributed by atoms with Crippen molar-refractivity contribution >= 4 is 12.0 Å². The van der Waals surface area contributed by atoms with Crippen molar-refractivity contribution in [1.82, 2.24) is 9.47 Å². The van der Waals surface area contributed by atoms with E-state index in [2.05, 4.69) is 12.3 Å². The smallest absolute Gasteiger partial charge is 0.417 e. The number of amides is 2. The maximum Gasteiger partial charge on any atom is 0.417 e. The van der Waals surface area contributed by atoms with Crippen LogP contribution in [0.1, 0.15) is 38.4 Å². The van der Waals surface area contributed by atoms with E-state index in [0.29, 0.717) is 19.5 Å². The van der Waals surface area contributed by atoms with Crippen molar-refractivity contribution in [2.75, 3.05) is 6.54 Å². The van der Waals surface area contributed by atoms with Gasteiger partial charge in [0.15, 0.2) is 0 Å². The third kappa shape index (κ3) is 6.44. The summed E-state index contributed by atoms with van der Waals surface area (Å²) >= 11 is 0. The number of likely N-dealkylation sites (tertiary alicyclic amines) is 1. The Bertz CT molecular complexity index is 566.